The average Bonchev–Trinajstić information content (AvgIpc) is 2.69. The molecule has 2 N–H and O–H groups in total. The molecule has 0 aliphatic carbocycles. The van der Waals surface area contributed by atoms with Gasteiger partial charge in [-0.1, -0.05) is 6.07 Å². The fourth-order valence-corrected chi connectivity index (χ4v) is 1.37. The van der Waals surface area contributed by atoms with E-state index in [1.807, 2.05) is 24.4 Å². The molecule has 0 fully saturated rings. The molecule has 6 heteroatoms. The SMILES string of the molecule is COCC(O)CNc1nc2ccccn2n1. The van der Waals surface area contributed by atoms with Gasteiger partial charge in [-0.15, -0.1) is 5.10 Å². The minimum absolute atomic E-state index is 0.292. The minimum Gasteiger partial charge on any atom is -0.389 e. The van der Waals surface area contributed by atoms with E-state index in [1.54, 1.807) is 11.6 Å². The molecule has 0 saturated carbocycles. The summed E-state index contributed by atoms with van der Waals surface area (Å²) in [5.41, 5.74) is 0.770. The Labute approximate surface area is 92.9 Å². The third kappa shape index (κ3) is 2.47. The minimum atomic E-state index is -0.559. The number of methoxy groups -OCH3 is 1. The summed E-state index contributed by atoms with van der Waals surface area (Å²) in [6.45, 7) is 0.658. The summed E-state index contributed by atoms with van der Waals surface area (Å²) in [4.78, 5) is 4.23. The van der Waals surface area contributed by atoms with Crippen molar-refractivity contribution in [2.75, 3.05) is 25.6 Å². The first-order valence-corrected chi connectivity index (χ1v) is 5.02. The Morgan fingerprint density at radius 1 is 1.56 bits per heavy atom. The molecule has 16 heavy (non-hydrogen) atoms. The number of rotatable bonds is 5. The van der Waals surface area contributed by atoms with Crippen molar-refractivity contribution >= 4 is 11.6 Å². The summed E-state index contributed by atoms with van der Waals surface area (Å²) in [5.74, 6) is 0.501. The molecule has 0 aliphatic rings. The van der Waals surface area contributed by atoms with E-state index in [9.17, 15) is 5.11 Å². The van der Waals surface area contributed by atoms with Gasteiger partial charge in [-0.25, -0.2) is 4.52 Å². The molecular formula is C10H14N4O2. The summed E-state index contributed by atoms with van der Waals surface area (Å²) in [5, 5.41) is 16.6. The maximum absolute atomic E-state index is 9.44. The number of hydrogen-bond acceptors (Lipinski definition) is 5. The maximum Gasteiger partial charge on any atom is 0.243 e. The number of fused-ring (bicyclic) bond motifs is 1. The molecular weight excluding hydrogens is 208 g/mol. The van der Waals surface area contributed by atoms with Crippen LogP contribution < -0.4 is 5.32 Å². The number of aromatic nitrogens is 3. The summed E-state index contributed by atoms with van der Waals surface area (Å²) in [7, 11) is 1.55. The van der Waals surface area contributed by atoms with Gasteiger partial charge in [-0.2, -0.15) is 4.98 Å². The number of pyridine rings is 1. The molecule has 0 saturated heterocycles. The van der Waals surface area contributed by atoms with Crippen molar-refractivity contribution in [2.45, 2.75) is 6.10 Å². The number of ether oxygens (including phenoxy) is 1. The maximum atomic E-state index is 9.44. The van der Waals surface area contributed by atoms with Crippen LogP contribution in [0.4, 0.5) is 5.95 Å². The van der Waals surface area contributed by atoms with Crippen LogP contribution in [0.5, 0.6) is 0 Å². The molecule has 0 aliphatic heterocycles. The molecule has 2 heterocycles. The lowest BCUT2D eigenvalue weighted by Crippen LogP contribution is -2.24. The first-order valence-electron chi connectivity index (χ1n) is 5.02. The van der Waals surface area contributed by atoms with E-state index in [1.165, 1.54) is 0 Å². The molecule has 86 valence electrons. The average molecular weight is 222 g/mol. The number of aliphatic hydroxyl groups is 1. The lowest BCUT2D eigenvalue weighted by Gasteiger charge is -2.08. The zero-order chi connectivity index (χ0) is 11.4. The largest absolute Gasteiger partial charge is 0.389 e. The molecule has 2 rings (SSSR count). The second-order valence-corrected chi connectivity index (χ2v) is 3.43. The van der Waals surface area contributed by atoms with E-state index in [-0.39, 0.29) is 0 Å². The van der Waals surface area contributed by atoms with Crippen LogP contribution in [0.2, 0.25) is 0 Å². The zero-order valence-corrected chi connectivity index (χ0v) is 9.00. The van der Waals surface area contributed by atoms with Crippen LogP contribution in [0, 0.1) is 0 Å². The highest BCUT2D eigenvalue weighted by Crippen LogP contribution is 2.04. The Balaban J connectivity index is 1.99. The highest BCUT2D eigenvalue weighted by Gasteiger charge is 2.06. The summed E-state index contributed by atoms with van der Waals surface area (Å²) >= 11 is 0. The Hall–Kier alpha value is -1.66. The van der Waals surface area contributed by atoms with E-state index in [0.29, 0.717) is 19.1 Å². The van der Waals surface area contributed by atoms with Gasteiger partial charge in [-0.05, 0) is 12.1 Å². The van der Waals surface area contributed by atoms with Crippen molar-refractivity contribution in [2.24, 2.45) is 0 Å². The van der Waals surface area contributed by atoms with Gasteiger partial charge in [0.1, 0.15) is 0 Å². The van der Waals surface area contributed by atoms with E-state index < -0.39 is 6.10 Å². The number of anilines is 1. The van der Waals surface area contributed by atoms with Crippen LogP contribution in [0.15, 0.2) is 24.4 Å². The van der Waals surface area contributed by atoms with Gasteiger partial charge >= 0.3 is 0 Å². The molecule has 1 atom stereocenters. The Morgan fingerprint density at radius 2 is 2.44 bits per heavy atom. The van der Waals surface area contributed by atoms with Crippen LogP contribution >= 0.6 is 0 Å². The van der Waals surface area contributed by atoms with E-state index in [4.69, 9.17) is 4.74 Å². The van der Waals surface area contributed by atoms with Gasteiger partial charge in [0.15, 0.2) is 5.65 Å². The zero-order valence-electron chi connectivity index (χ0n) is 9.00. The third-order valence-electron chi connectivity index (χ3n) is 2.10. The quantitative estimate of drug-likeness (QED) is 0.753. The van der Waals surface area contributed by atoms with Crippen LogP contribution in [0.25, 0.3) is 5.65 Å². The fourth-order valence-electron chi connectivity index (χ4n) is 1.37. The lowest BCUT2D eigenvalue weighted by atomic mass is 10.4. The summed E-state index contributed by atoms with van der Waals surface area (Å²) < 4.78 is 6.49. The van der Waals surface area contributed by atoms with E-state index in [0.717, 1.165) is 5.65 Å². The molecule has 0 amide bonds. The molecule has 0 spiro atoms. The van der Waals surface area contributed by atoms with Crippen LogP contribution in [-0.2, 0) is 4.74 Å². The summed E-state index contributed by atoms with van der Waals surface area (Å²) in [6.07, 6.45) is 1.26. The second-order valence-electron chi connectivity index (χ2n) is 3.43. The standard InChI is InChI=1S/C10H14N4O2/c1-16-7-8(15)6-11-10-12-9-4-2-3-5-14(9)13-10/h2-5,8,15H,6-7H2,1H3,(H,11,13). The number of aliphatic hydroxyl groups excluding tert-OH is 1. The van der Waals surface area contributed by atoms with E-state index in [2.05, 4.69) is 15.4 Å². The lowest BCUT2D eigenvalue weighted by molar-refractivity contribution is 0.0726. The highest BCUT2D eigenvalue weighted by atomic mass is 16.5. The molecule has 0 aromatic carbocycles. The summed E-state index contributed by atoms with van der Waals surface area (Å²) in [6, 6.07) is 5.64. The smallest absolute Gasteiger partial charge is 0.243 e. The first kappa shape index (κ1) is 10.8. The predicted molar refractivity (Wildman–Crippen MR) is 59.4 cm³/mol. The number of nitrogens with one attached hydrogen (secondary N) is 1. The predicted octanol–water partition coefficient (Wildman–Crippen LogP) is 0.148. The first-order chi connectivity index (χ1) is 7.79. The van der Waals surface area contributed by atoms with Crippen LogP contribution in [0.3, 0.4) is 0 Å². The fraction of sp³-hybridized carbons (Fsp3) is 0.400. The van der Waals surface area contributed by atoms with Gasteiger partial charge in [-0.3, -0.25) is 0 Å². The van der Waals surface area contributed by atoms with Crippen molar-refractivity contribution in [3.05, 3.63) is 24.4 Å². The van der Waals surface area contributed by atoms with Crippen LogP contribution in [-0.4, -0.2) is 46.1 Å². The van der Waals surface area contributed by atoms with Crippen molar-refractivity contribution in [1.29, 1.82) is 0 Å². The van der Waals surface area contributed by atoms with Crippen molar-refractivity contribution in [3.63, 3.8) is 0 Å². The van der Waals surface area contributed by atoms with Gasteiger partial charge in [0.25, 0.3) is 0 Å². The molecule has 0 radical (unpaired) electrons. The number of nitrogens with zero attached hydrogens (tertiary/aromatic N) is 3. The Morgan fingerprint density at radius 3 is 3.19 bits per heavy atom. The topological polar surface area (TPSA) is 71.7 Å². The molecule has 6 nitrogen and oxygen atoms in total. The van der Waals surface area contributed by atoms with Crippen molar-refractivity contribution in [1.82, 2.24) is 14.6 Å². The Bertz CT molecular complexity index is 424. The second kappa shape index (κ2) is 4.91. The molecule has 2 aromatic heterocycles. The van der Waals surface area contributed by atoms with Gasteiger partial charge in [0, 0.05) is 19.9 Å². The van der Waals surface area contributed by atoms with Crippen molar-refractivity contribution in [3.8, 4) is 0 Å². The highest BCUT2D eigenvalue weighted by molar-refractivity contribution is 5.42. The monoisotopic (exact) mass is 222 g/mol. The van der Waals surface area contributed by atoms with Crippen molar-refractivity contribution < 1.29 is 9.84 Å². The van der Waals surface area contributed by atoms with E-state index >= 15 is 0 Å². The molecule has 1 unspecified atom stereocenters. The number of hydrogen-bond donors (Lipinski definition) is 2. The normalized spacial score (nSPS) is 12.9. The van der Waals surface area contributed by atoms with Gasteiger partial charge < -0.3 is 15.2 Å². The van der Waals surface area contributed by atoms with Gasteiger partial charge in [0.05, 0.1) is 12.7 Å². The molecule has 2 aromatic rings. The molecule has 0 bridgehead atoms. The van der Waals surface area contributed by atoms with Crippen LogP contribution in [0.1, 0.15) is 0 Å². The Kier molecular flexibility index (Phi) is 3.33. The van der Waals surface area contributed by atoms with Gasteiger partial charge in [0.2, 0.25) is 5.95 Å². The third-order valence-corrected chi connectivity index (χ3v) is 2.10.